The molecule has 21 heavy (non-hydrogen) atoms. The van der Waals surface area contributed by atoms with Crippen LogP contribution in [0.4, 0.5) is 0 Å². The lowest BCUT2D eigenvalue weighted by atomic mass is 10.2. The fraction of sp³-hybridized carbons (Fsp3) is 0.562. The van der Waals surface area contributed by atoms with Gasteiger partial charge < -0.3 is 15.0 Å². The monoisotopic (exact) mass is 305 g/mol. The van der Waals surface area contributed by atoms with Crippen LogP contribution in [0.1, 0.15) is 33.1 Å². The Morgan fingerprint density at radius 1 is 1.38 bits per heavy atom. The maximum absolute atomic E-state index is 5.53. The SMILES string of the molecule is CCNC1CCC(Sc2nc3ccc(OCC)cc3[nH]2)C1. The highest BCUT2D eigenvalue weighted by Crippen LogP contribution is 2.34. The fourth-order valence-corrected chi connectivity index (χ4v) is 4.17. The van der Waals surface area contributed by atoms with Gasteiger partial charge in [-0.2, -0.15) is 0 Å². The first kappa shape index (κ1) is 14.7. The molecule has 1 saturated carbocycles. The van der Waals surface area contributed by atoms with E-state index in [0.717, 1.165) is 28.5 Å². The smallest absolute Gasteiger partial charge is 0.166 e. The fourth-order valence-electron chi connectivity index (χ4n) is 2.96. The summed E-state index contributed by atoms with van der Waals surface area (Å²) < 4.78 is 5.53. The summed E-state index contributed by atoms with van der Waals surface area (Å²) in [6, 6.07) is 6.72. The molecule has 1 fully saturated rings. The predicted molar refractivity (Wildman–Crippen MR) is 88.2 cm³/mol. The zero-order valence-electron chi connectivity index (χ0n) is 12.7. The van der Waals surface area contributed by atoms with Crippen molar-refractivity contribution < 1.29 is 4.74 Å². The Morgan fingerprint density at radius 2 is 2.29 bits per heavy atom. The van der Waals surface area contributed by atoms with E-state index >= 15 is 0 Å². The summed E-state index contributed by atoms with van der Waals surface area (Å²) in [7, 11) is 0. The minimum atomic E-state index is 0.668. The van der Waals surface area contributed by atoms with Crippen molar-refractivity contribution >= 4 is 22.8 Å². The van der Waals surface area contributed by atoms with Crippen molar-refractivity contribution in [1.82, 2.24) is 15.3 Å². The standard InChI is InChI=1S/C16H23N3OS/c1-3-17-11-5-7-13(9-11)21-16-18-14-8-6-12(20-4-2)10-15(14)19-16/h6,8,10-11,13,17H,3-5,7,9H2,1-2H3,(H,18,19). The van der Waals surface area contributed by atoms with Crippen molar-refractivity contribution in [2.45, 2.75) is 49.6 Å². The van der Waals surface area contributed by atoms with Gasteiger partial charge in [-0.1, -0.05) is 18.7 Å². The number of thioether (sulfide) groups is 1. The number of hydrogen-bond donors (Lipinski definition) is 2. The molecule has 1 aromatic carbocycles. The molecule has 0 spiro atoms. The molecular formula is C16H23N3OS. The number of nitrogens with zero attached hydrogens (tertiary/aromatic N) is 1. The molecule has 114 valence electrons. The number of fused-ring (bicyclic) bond motifs is 1. The van der Waals surface area contributed by atoms with E-state index < -0.39 is 0 Å². The first-order chi connectivity index (χ1) is 10.3. The first-order valence-electron chi connectivity index (χ1n) is 7.81. The van der Waals surface area contributed by atoms with Gasteiger partial charge in [-0.3, -0.25) is 0 Å². The molecule has 2 unspecified atom stereocenters. The lowest BCUT2D eigenvalue weighted by molar-refractivity contribution is 0.340. The molecule has 2 N–H and O–H groups in total. The number of aromatic amines is 1. The molecular weight excluding hydrogens is 282 g/mol. The van der Waals surface area contributed by atoms with Crippen LogP contribution in [0.3, 0.4) is 0 Å². The van der Waals surface area contributed by atoms with Crippen LogP contribution < -0.4 is 10.1 Å². The van der Waals surface area contributed by atoms with Crippen molar-refractivity contribution in [2.24, 2.45) is 0 Å². The van der Waals surface area contributed by atoms with Gasteiger partial charge in [0, 0.05) is 17.4 Å². The minimum absolute atomic E-state index is 0.668. The largest absolute Gasteiger partial charge is 0.494 e. The number of nitrogens with one attached hydrogen (secondary N) is 2. The molecule has 0 aliphatic heterocycles. The molecule has 0 saturated heterocycles. The van der Waals surface area contributed by atoms with Gasteiger partial charge in [0.05, 0.1) is 17.6 Å². The highest BCUT2D eigenvalue weighted by Gasteiger charge is 2.25. The van der Waals surface area contributed by atoms with E-state index in [4.69, 9.17) is 4.74 Å². The summed E-state index contributed by atoms with van der Waals surface area (Å²) in [5.74, 6) is 0.901. The predicted octanol–water partition coefficient (Wildman–Crippen LogP) is 3.58. The van der Waals surface area contributed by atoms with E-state index in [1.807, 2.05) is 36.9 Å². The number of benzene rings is 1. The van der Waals surface area contributed by atoms with Gasteiger partial charge in [0.2, 0.25) is 0 Å². The third kappa shape index (κ3) is 3.52. The second-order valence-electron chi connectivity index (χ2n) is 5.46. The van der Waals surface area contributed by atoms with Crippen molar-refractivity contribution in [3.63, 3.8) is 0 Å². The summed E-state index contributed by atoms with van der Waals surface area (Å²) in [5.41, 5.74) is 2.08. The van der Waals surface area contributed by atoms with E-state index in [0.29, 0.717) is 17.9 Å². The van der Waals surface area contributed by atoms with Crippen LogP contribution >= 0.6 is 11.8 Å². The van der Waals surface area contributed by atoms with Gasteiger partial charge in [0.15, 0.2) is 5.16 Å². The summed E-state index contributed by atoms with van der Waals surface area (Å²) in [6.07, 6.45) is 3.78. The maximum Gasteiger partial charge on any atom is 0.166 e. The Labute approximate surface area is 130 Å². The molecule has 0 bridgehead atoms. The zero-order valence-corrected chi connectivity index (χ0v) is 13.5. The number of imidazole rings is 1. The summed E-state index contributed by atoms with van der Waals surface area (Å²) in [6.45, 7) is 5.93. The van der Waals surface area contributed by atoms with Crippen LogP contribution in [0.2, 0.25) is 0 Å². The summed E-state index contributed by atoms with van der Waals surface area (Å²) in [5, 5.41) is 5.24. The summed E-state index contributed by atoms with van der Waals surface area (Å²) in [4.78, 5) is 8.10. The topological polar surface area (TPSA) is 49.9 Å². The highest BCUT2D eigenvalue weighted by molar-refractivity contribution is 7.99. The number of rotatable bonds is 6. The van der Waals surface area contributed by atoms with E-state index in [9.17, 15) is 0 Å². The zero-order chi connectivity index (χ0) is 14.7. The Morgan fingerprint density at radius 3 is 3.10 bits per heavy atom. The highest BCUT2D eigenvalue weighted by atomic mass is 32.2. The van der Waals surface area contributed by atoms with Gasteiger partial charge in [-0.05, 0) is 44.9 Å². The van der Waals surface area contributed by atoms with Gasteiger partial charge in [-0.25, -0.2) is 4.98 Å². The molecule has 4 nitrogen and oxygen atoms in total. The molecule has 2 aromatic rings. The van der Waals surface area contributed by atoms with Crippen LogP contribution in [-0.4, -0.2) is 34.4 Å². The number of ether oxygens (including phenoxy) is 1. The third-order valence-corrected chi connectivity index (χ3v) is 5.08. The Balaban J connectivity index is 1.67. The quantitative estimate of drug-likeness (QED) is 0.856. The van der Waals surface area contributed by atoms with Crippen LogP contribution in [0.15, 0.2) is 23.4 Å². The molecule has 1 aliphatic rings. The molecule has 1 heterocycles. The normalized spacial score (nSPS) is 22.0. The van der Waals surface area contributed by atoms with Crippen LogP contribution in [0.5, 0.6) is 5.75 Å². The van der Waals surface area contributed by atoms with Gasteiger partial charge in [0.25, 0.3) is 0 Å². The molecule has 1 aromatic heterocycles. The molecule has 3 rings (SSSR count). The van der Waals surface area contributed by atoms with Crippen molar-refractivity contribution in [2.75, 3.05) is 13.2 Å². The second-order valence-corrected chi connectivity index (χ2v) is 6.75. The van der Waals surface area contributed by atoms with E-state index in [2.05, 4.69) is 22.2 Å². The molecule has 1 aliphatic carbocycles. The average molecular weight is 305 g/mol. The summed E-state index contributed by atoms with van der Waals surface area (Å²) >= 11 is 1.88. The van der Waals surface area contributed by atoms with E-state index in [1.54, 1.807) is 0 Å². The van der Waals surface area contributed by atoms with Crippen molar-refractivity contribution in [3.05, 3.63) is 18.2 Å². The van der Waals surface area contributed by atoms with Gasteiger partial charge in [0.1, 0.15) is 5.75 Å². The Bertz CT molecular complexity index is 598. The van der Waals surface area contributed by atoms with Crippen LogP contribution in [-0.2, 0) is 0 Å². The maximum atomic E-state index is 5.53. The first-order valence-corrected chi connectivity index (χ1v) is 8.69. The van der Waals surface area contributed by atoms with Crippen LogP contribution in [0, 0.1) is 0 Å². The molecule has 5 heteroatoms. The lowest BCUT2D eigenvalue weighted by Crippen LogP contribution is -2.26. The number of H-pyrrole nitrogens is 1. The molecule has 0 radical (unpaired) electrons. The van der Waals surface area contributed by atoms with Gasteiger partial charge >= 0.3 is 0 Å². The van der Waals surface area contributed by atoms with Crippen molar-refractivity contribution in [1.29, 1.82) is 0 Å². The Hall–Kier alpha value is -1.20. The van der Waals surface area contributed by atoms with Gasteiger partial charge in [-0.15, -0.1) is 0 Å². The molecule has 2 atom stereocenters. The minimum Gasteiger partial charge on any atom is -0.494 e. The second kappa shape index (κ2) is 6.71. The number of aromatic nitrogens is 2. The average Bonchev–Trinajstić information content (AvgIpc) is 3.06. The third-order valence-electron chi connectivity index (χ3n) is 3.90. The van der Waals surface area contributed by atoms with E-state index in [-0.39, 0.29) is 0 Å². The number of hydrogen-bond acceptors (Lipinski definition) is 4. The van der Waals surface area contributed by atoms with E-state index in [1.165, 1.54) is 19.3 Å². The Kier molecular flexibility index (Phi) is 4.70. The molecule has 0 amide bonds. The van der Waals surface area contributed by atoms with Crippen molar-refractivity contribution in [3.8, 4) is 5.75 Å². The van der Waals surface area contributed by atoms with Crippen LogP contribution in [0.25, 0.3) is 11.0 Å². The lowest BCUT2D eigenvalue weighted by Gasteiger charge is -2.10.